The number of benzene rings is 2. The van der Waals surface area contributed by atoms with E-state index in [1.165, 1.54) is 29.5 Å². The maximum Gasteiger partial charge on any atom is 0.0362 e. The van der Waals surface area contributed by atoms with Gasteiger partial charge in [-0.25, -0.2) is 0 Å². The van der Waals surface area contributed by atoms with Gasteiger partial charge in [0.25, 0.3) is 0 Å². The van der Waals surface area contributed by atoms with Gasteiger partial charge < -0.3 is 5.73 Å². The molecule has 2 N–H and O–H groups in total. The quantitative estimate of drug-likeness (QED) is 0.867. The molecule has 1 fully saturated rings. The minimum Gasteiger partial charge on any atom is -0.398 e. The lowest BCUT2D eigenvalue weighted by molar-refractivity contribution is 0.245. The maximum absolute atomic E-state index is 6.16. The molecule has 21 heavy (non-hydrogen) atoms. The Morgan fingerprint density at radius 1 is 1.05 bits per heavy atom. The van der Waals surface area contributed by atoms with E-state index in [1.54, 1.807) is 5.56 Å². The smallest absolute Gasteiger partial charge is 0.0362 e. The number of fused-ring (bicyclic) bond motifs is 1. The van der Waals surface area contributed by atoms with Crippen LogP contribution >= 0.6 is 0 Å². The monoisotopic (exact) mass is 278 g/mol. The van der Waals surface area contributed by atoms with Gasteiger partial charge >= 0.3 is 0 Å². The van der Waals surface area contributed by atoms with E-state index in [0.29, 0.717) is 0 Å². The number of nitrogen functional groups attached to an aromatic ring is 1. The zero-order valence-corrected chi connectivity index (χ0v) is 12.4. The van der Waals surface area contributed by atoms with Crippen LogP contribution in [0.2, 0.25) is 0 Å². The van der Waals surface area contributed by atoms with Gasteiger partial charge in [0.2, 0.25) is 0 Å². The molecule has 1 aliphatic carbocycles. The third-order valence-electron chi connectivity index (χ3n) is 4.85. The second-order valence-electron chi connectivity index (χ2n) is 6.42. The first-order chi connectivity index (χ1) is 10.3. The van der Waals surface area contributed by atoms with Crippen LogP contribution in [0.4, 0.5) is 5.69 Å². The van der Waals surface area contributed by atoms with E-state index in [2.05, 4.69) is 41.3 Å². The number of anilines is 1. The van der Waals surface area contributed by atoms with Crippen molar-refractivity contribution in [3.05, 3.63) is 64.7 Å². The molecule has 0 spiro atoms. The number of nitrogens with zero attached hydrogens (tertiary/aromatic N) is 1. The number of nitrogens with two attached hydrogens (primary N) is 1. The summed E-state index contributed by atoms with van der Waals surface area (Å²) in [5.41, 5.74) is 13.0. The van der Waals surface area contributed by atoms with E-state index in [1.807, 2.05) is 6.07 Å². The molecule has 2 aromatic rings. The number of rotatable bonds is 3. The number of hydrogen-bond acceptors (Lipinski definition) is 2. The molecule has 0 radical (unpaired) electrons. The topological polar surface area (TPSA) is 29.3 Å². The van der Waals surface area contributed by atoms with Crippen LogP contribution < -0.4 is 5.73 Å². The molecule has 2 heteroatoms. The molecule has 0 unspecified atom stereocenters. The fourth-order valence-electron chi connectivity index (χ4n) is 3.51. The predicted octanol–water partition coefficient (Wildman–Crippen LogP) is 3.70. The van der Waals surface area contributed by atoms with Gasteiger partial charge in [-0.2, -0.15) is 0 Å². The number of hydrogen-bond donors (Lipinski definition) is 1. The molecular formula is C19H22N2. The summed E-state index contributed by atoms with van der Waals surface area (Å²) < 4.78 is 0. The summed E-state index contributed by atoms with van der Waals surface area (Å²) in [6.45, 7) is 3.18. The lowest BCUT2D eigenvalue weighted by atomic mass is 9.96. The first-order valence-corrected chi connectivity index (χ1v) is 7.97. The lowest BCUT2D eigenvalue weighted by Crippen LogP contribution is -2.31. The minimum atomic E-state index is 0.823. The Hall–Kier alpha value is -1.80. The summed E-state index contributed by atoms with van der Waals surface area (Å²) in [5, 5.41) is 0. The van der Waals surface area contributed by atoms with E-state index in [-0.39, 0.29) is 0 Å². The molecule has 1 aliphatic heterocycles. The van der Waals surface area contributed by atoms with Crippen molar-refractivity contribution in [3.63, 3.8) is 0 Å². The molecule has 2 aromatic carbocycles. The highest BCUT2D eigenvalue weighted by Gasteiger charge is 2.26. The molecule has 0 bridgehead atoms. The Bertz CT molecular complexity index is 658. The predicted molar refractivity (Wildman–Crippen MR) is 87.1 cm³/mol. The third-order valence-corrected chi connectivity index (χ3v) is 4.85. The van der Waals surface area contributed by atoms with Crippen molar-refractivity contribution in [3.8, 4) is 0 Å². The zero-order valence-electron chi connectivity index (χ0n) is 12.4. The average Bonchev–Trinajstić information content (AvgIpc) is 3.33. The van der Waals surface area contributed by atoms with Gasteiger partial charge in [-0.15, -0.1) is 0 Å². The van der Waals surface area contributed by atoms with Crippen molar-refractivity contribution in [1.82, 2.24) is 4.90 Å². The molecular weight excluding hydrogens is 256 g/mol. The van der Waals surface area contributed by atoms with Gasteiger partial charge in [0.1, 0.15) is 0 Å². The Balaban J connectivity index is 1.55. The van der Waals surface area contributed by atoms with E-state index >= 15 is 0 Å². The summed E-state index contributed by atoms with van der Waals surface area (Å²) in [6.07, 6.45) is 3.85. The second-order valence-corrected chi connectivity index (χ2v) is 6.42. The van der Waals surface area contributed by atoms with Crippen molar-refractivity contribution >= 4 is 5.69 Å². The van der Waals surface area contributed by atoms with Crippen LogP contribution in [-0.4, -0.2) is 11.4 Å². The van der Waals surface area contributed by atoms with E-state index in [9.17, 15) is 0 Å². The summed E-state index contributed by atoms with van der Waals surface area (Å²) in [7, 11) is 0. The fraction of sp³-hybridized carbons (Fsp3) is 0.368. The Labute approximate surface area is 126 Å². The van der Waals surface area contributed by atoms with Gasteiger partial charge in [-0.3, -0.25) is 4.90 Å². The van der Waals surface area contributed by atoms with Gasteiger partial charge in [0, 0.05) is 25.3 Å². The summed E-state index contributed by atoms with van der Waals surface area (Å²) >= 11 is 0. The van der Waals surface area contributed by atoms with Crippen molar-refractivity contribution in [1.29, 1.82) is 0 Å². The van der Waals surface area contributed by atoms with Crippen molar-refractivity contribution in [2.75, 3.05) is 12.3 Å². The summed E-state index contributed by atoms with van der Waals surface area (Å²) in [4.78, 5) is 2.54. The van der Waals surface area contributed by atoms with Crippen molar-refractivity contribution in [2.45, 2.75) is 38.3 Å². The second kappa shape index (κ2) is 5.19. The SMILES string of the molecule is Nc1cccc2c1CN(Cc1ccccc1C1CC1)CC2. The lowest BCUT2D eigenvalue weighted by Gasteiger charge is -2.30. The van der Waals surface area contributed by atoms with Crippen LogP contribution in [-0.2, 0) is 19.5 Å². The fourth-order valence-corrected chi connectivity index (χ4v) is 3.51. The highest BCUT2D eigenvalue weighted by atomic mass is 15.1. The van der Waals surface area contributed by atoms with E-state index < -0.39 is 0 Å². The van der Waals surface area contributed by atoms with Crippen molar-refractivity contribution < 1.29 is 0 Å². The molecule has 0 aromatic heterocycles. The first kappa shape index (κ1) is 12.9. The van der Waals surface area contributed by atoms with Gasteiger partial charge in [0.15, 0.2) is 0 Å². The highest BCUT2D eigenvalue weighted by Crippen LogP contribution is 2.42. The largest absolute Gasteiger partial charge is 0.398 e. The molecule has 0 atom stereocenters. The van der Waals surface area contributed by atoms with E-state index in [0.717, 1.165) is 37.7 Å². The molecule has 2 aliphatic rings. The summed E-state index contributed by atoms with van der Waals surface area (Å²) in [6, 6.07) is 15.3. The highest BCUT2D eigenvalue weighted by molar-refractivity contribution is 5.51. The normalized spacial score (nSPS) is 18.5. The van der Waals surface area contributed by atoms with Gasteiger partial charge in [0.05, 0.1) is 0 Å². The van der Waals surface area contributed by atoms with Crippen LogP contribution in [0.25, 0.3) is 0 Å². The van der Waals surface area contributed by atoms with Gasteiger partial charge in [-0.1, -0.05) is 36.4 Å². The maximum atomic E-state index is 6.16. The molecule has 1 saturated carbocycles. The molecule has 108 valence electrons. The first-order valence-electron chi connectivity index (χ1n) is 7.97. The van der Waals surface area contributed by atoms with E-state index in [4.69, 9.17) is 5.73 Å². The standard InChI is InChI=1S/C19H22N2/c20-19-7-3-5-14-10-11-21(13-18(14)19)12-16-4-1-2-6-17(16)15-8-9-15/h1-7,15H,8-13,20H2. The molecule has 4 rings (SSSR count). The van der Waals surface area contributed by atoms with Crippen LogP contribution in [0, 0.1) is 0 Å². The average molecular weight is 278 g/mol. The Morgan fingerprint density at radius 2 is 1.90 bits per heavy atom. The van der Waals surface area contributed by atoms with Crippen LogP contribution in [0.1, 0.15) is 41.0 Å². The molecule has 2 nitrogen and oxygen atoms in total. The van der Waals surface area contributed by atoms with Crippen molar-refractivity contribution in [2.24, 2.45) is 0 Å². The molecule has 0 saturated heterocycles. The minimum absolute atomic E-state index is 0.823. The van der Waals surface area contributed by atoms with Gasteiger partial charge in [-0.05, 0) is 53.5 Å². The Morgan fingerprint density at radius 3 is 2.76 bits per heavy atom. The third kappa shape index (κ3) is 2.56. The zero-order chi connectivity index (χ0) is 14.2. The Kier molecular flexibility index (Phi) is 3.19. The van der Waals surface area contributed by atoms with Crippen LogP contribution in [0.15, 0.2) is 42.5 Å². The summed E-state index contributed by atoms with van der Waals surface area (Å²) in [5.74, 6) is 0.823. The molecule has 0 amide bonds. The van der Waals surface area contributed by atoms with Crippen LogP contribution in [0.5, 0.6) is 0 Å². The molecule has 1 heterocycles. The van der Waals surface area contributed by atoms with Crippen LogP contribution in [0.3, 0.4) is 0 Å².